The average molecular weight is 379 g/mol. The van der Waals surface area contributed by atoms with Crippen LogP contribution in [0.4, 0.5) is 10.5 Å². The van der Waals surface area contributed by atoms with Crippen molar-refractivity contribution in [2.24, 2.45) is 5.73 Å². The third kappa shape index (κ3) is 3.29. The van der Waals surface area contributed by atoms with E-state index in [2.05, 4.69) is 15.5 Å². The second-order valence-corrected chi connectivity index (χ2v) is 6.88. The van der Waals surface area contributed by atoms with Gasteiger partial charge in [0.15, 0.2) is 0 Å². The molecule has 8 heteroatoms. The normalized spacial score (nSPS) is 14.9. The van der Waals surface area contributed by atoms with Gasteiger partial charge in [0.25, 0.3) is 0 Å². The van der Waals surface area contributed by atoms with Crippen LogP contribution in [0.2, 0.25) is 0 Å². The quantitative estimate of drug-likeness (QED) is 0.554. The Hall–Kier alpha value is -3.39. The molecule has 1 saturated heterocycles. The number of carbonyl (C=O) groups excluding carboxylic acids is 1. The van der Waals surface area contributed by atoms with Crippen LogP contribution in [0.3, 0.4) is 0 Å². The number of primary amides is 1. The molecule has 4 rings (SSSR count). The number of H-pyrrole nitrogens is 1. The fourth-order valence-corrected chi connectivity index (χ4v) is 3.73. The zero-order chi connectivity index (χ0) is 19.7. The van der Waals surface area contributed by atoms with Crippen molar-refractivity contribution in [1.82, 2.24) is 15.5 Å². The predicted octanol–water partition coefficient (Wildman–Crippen LogP) is 2.57. The zero-order valence-electron chi connectivity index (χ0n) is 15.2. The van der Waals surface area contributed by atoms with Crippen LogP contribution in [0.5, 0.6) is 0 Å². The van der Waals surface area contributed by atoms with Gasteiger partial charge in [0, 0.05) is 28.2 Å². The van der Waals surface area contributed by atoms with E-state index >= 15 is 0 Å². The largest absolute Gasteiger partial charge is 0.465 e. The molecule has 5 N–H and O–H groups in total. The summed E-state index contributed by atoms with van der Waals surface area (Å²) < 4.78 is 0. The number of hydrogen-bond acceptors (Lipinski definition) is 4. The third-order valence-electron chi connectivity index (χ3n) is 5.13. The van der Waals surface area contributed by atoms with E-state index in [-0.39, 0.29) is 6.04 Å². The van der Waals surface area contributed by atoms with Crippen LogP contribution < -0.4 is 16.0 Å². The van der Waals surface area contributed by atoms with Crippen LogP contribution >= 0.6 is 0 Å². The van der Waals surface area contributed by atoms with Crippen molar-refractivity contribution in [2.45, 2.75) is 18.9 Å². The second-order valence-electron chi connectivity index (χ2n) is 6.88. The lowest BCUT2D eigenvalue weighted by Crippen LogP contribution is -2.45. The summed E-state index contributed by atoms with van der Waals surface area (Å²) in [6.07, 6.45) is 0.570. The Kier molecular flexibility index (Phi) is 4.70. The highest BCUT2D eigenvalue weighted by Crippen LogP contribution is 2.31. The first-order valence-corrected chi connectivity index (χ1v) is 9.16. The molecular weight excluding hydrogens is 358 g/mol. The van der Waals surface area contributed by atoms with Crippen LogP contribution in [0.25, 0.3) is 22.2 Å². The van der Waals surface area contributed by atoms with Crippen LogP contribution in [-0.4, -0.2) is 46.4 Å². The van der Waals surface area contributed by atoms with Gasteiger partial charge in [0.2, 0.25) is 5.91 Å². The molecule has 2 amide bonds. The van der Waals surface area contributed by atoms with E-state index in [1.165, 1.54) is 4.90 Å². The van der Waals surface area contributed by atoms with E-state index in [0.29, 0.717) is 16.9 Å². The van der Waals surface area contributed by atoms with Crippen molar-refractivity contribution < 1.29 is 14.7 Å². The average Bonchev–Trinajstić information content (AvgIpc) is 3.12. The highest BCUT2D eigenvalue weighted by atomic mass is 16.4. The van der Waals surface area contributed by atoms with Crippen molar-refractivity contribution in [1.29, 1.82) is 0 Å². The Morgan fingerprint density at radius 2 is 1.93 bits per heavy atom. The summed E-state index contributed by atoms with van der Waals surface area (Å²) in [7, 11) is 0. The number of hydrogen-bond donors (Lipinski definition) is 4. The highest BCUT2D eigenvalue weighted by Gasteiger charge is 2.27. The van der Waals surface area contributed by atoms with Gasteiger partial charge in [0.05, 0.1) is 11.2 Å². The maximum Gasteiger partial charge on any atom is 0.412 e. The van der Waals surface area contributed by atoms with Gasteiger partial charge >= 0.3 is 6.09 Å². The number of nitrogens with two attached hydrogens (primary N) is 1. The SMILES string of the molecule is NC(=O)c1ccc2[nH]nc(-c3cccc(N(C(=O)O)C4CCNCC4)c3)c2c1. The molecule has 144 valence electrons. The molecule has 0 atom stereocenters. The highest BCUT2D eigenvalue weighted by molar-refractivity contribution is 6.01. The molecule has 1 aliphatic rings. The van der Waals surface area contributed by atoms with Crippen LogP contribution in [0, 0.1) is 0 Å². The Labute approximate surface area is 161 Å². The van der Waals surface area contributed by atoms with Crippen molar-refractivity contribution >= 4 is 28.6 Å². The van der Waals surface area contributed by atoms with E-state index in [0.717, 1.165) is 42.4 Å². The number of carbonyl (C=O) groups is 2. The predicted molar refractivity (Wildman–Crippen MR) is 106 cm³/mol. The number of aromatic amines is 1. The molecule has 8 nitrogen and oxygen atoms in total. The van der Waals surface area contributed by atoms with Crippen molar-refractivity contribution in [3.63, 3.8) is 0 Å². The summed E-state index contributed by atoms with van der Waals surface area (Å²) in [4.78, 5) is 24.9. The Morgan fingerprint density at radius 1 is 1.14 bits per heavy atom. The lowest BCUT2D eigenvalue weighted by molar-refractivity contribution is 0.100. The van der Waals surface area contributed by atoms with Gasteiger partial charge in [0.1, 0.15) is 0 Å². The molecule has 1 fully saturated rings. The van der Waals surface area contributed by atoms with Gasteiger partial charge < -0.3 is 16.2 Å². The molecular formula is C20H21N5O3. The topological polar surface area (TPSA) is 124 Å². The molecule has 2 aromatic carbocycles. The molecule has 2 heterocycles. The minimum absolute atomic E-state index is 0.0635. The second kappa shape index (κ2) is 7.32. The lowest BCUT2D eigenvalue weighted by atomic mass is 10.0. The van der Waals surface area contributed by atoms with E-state index in [1.807, 2.05) is 18.2 Å². The van der Waals surface area contributed by atoms with Gasteiger partial charge in [-0.2, -0.15) is 5.10 Å². The minimum atomic E-state index is -0.966. The Bertz CT molecular complexity index is 1040. The van der Waals surface area contributed by atoms with Crippen molar-refractivity contribution in [3.8, 4) is 11.3 Å². The molecule has 28 heavy (non-hydrogen) atoms. The number of aromatic nitrogens is 2. The smallest absolute Gasteiger partial charge is 0.412 e. The number of carboxylic acid groups (broad SMARTS) is 1. The number of piperidine rings is 1. The molecule has 0 spiro atoms. The van der Waals surface area contributed by atoms with E-state index in [1.54, 1.807) is 24.3 Å². The number of nitrogens with one attached hydrogen (secondary N) is 2. The fourth-order valence-electron chi connectivity index (χ4n) is 3.73. The summed E-state index contributed by atoms with van der Waals surface area (Å²) in [6, 6.07) is 12.3. The number of fused-ring (bicyclic) bond motifs is 1. The lowest BCUT2D eigenvalue weighted by Gasteiger charge is -2.32. The standard InChI is InChI=1S/C20H21N5O3/c21-19(26)13-4-5-17-16(11-13)18(24-23-17)12-2-1-3-15(10-12)25(20(27)28)14-6-8-22-9-7-14/h1-5,10-11,14,22H,6-9H2,(H2,21,26)(H,23,24)(H,27,28). The van der Waals surface area contributed by atoms with E-state index in [4.69, 9.17) is 5.73 Å². The summed E-state index contributed by atoms with van der Waals surface area (Å²) >= 11 is 0. The van der Waals surface area contributed by atoms with Crippen molar-refractivity contribution in [2.75, 3.05) is 18.0 Å². The summed E-state index contributed by atoms with van der Waals surface area (Å²) in [5.74, 6) is -0.509. The number of anilines is 1. The first-order chi connectivity index (χ1) is 13.5. The summed E-state index contributed by atoms with van der Waals surface area (Å²) in [5, 5.41) is 21.1. The molecule has 3 aromatic rings. The van der Waals surface area contributed by atoms with E-state index in [9.17, 15) is 14.7 Å². The van der Waals surface area contributed by atoms with Gasteiger partial charge in [-0.15, -0.1) is 0 Å². The maximum absolute atomic E-state index is 12.0. The van der Waals surface area contributed by atoms with Crippen LogP contribution in [0.15, 0.2) is 42.5 Å². The van der Waals surface area contributed by atoms with Gasteiger partial charge in [-0.05, 0) is 56.3 Å². The Balaban J connectivity index is 1.76. The number of benzene rings is 2. The van der Waals surface area contributed by atoms with Gasteiger partial charge in [-0.1, -0.05) is 12.1 Å². The van der Waals surface area contributed by atoms with Crippen LogP contribution in [-0.2, 0) is 0 Å². The first kappa shape index (κ1) is 18.0. The van der Waals surface area contributed by atoms with Crippen molar-refractivity contribution in [3.05, 3.63) is 48.0 Å². The molecule has 0 saturated carbocycles. The molecule has 1 aliphatic heterocycles. The minimum Gasteiger partial charge on any atom is -0.465 e. The summed E-state index contributed by atoms with van der Waals surface area (Å²) in [6.45, 7) is 1.60. The van der Waals surface area contributed by atoms with E-state index < -0.39 is 12.0 Å². The number of nitrogens with zero attached hydrogens (tertiary/aromatic N) is 2. The summed E-state index contributed by atoms with van der Waals surface area (Å²) in [5.41, 5.74) is 8.60. The first-order valence-electron chi connectivity index (χ1n) is 9.16. The monoisotopic (exact) mass is 379 g/mol. The molecule has 0 unspecified atom stereocenters. The van der Waals surface area contributed by atoms with Crippen LogP contribution in [0.1, 0.15) is 23.2 Å². The molecule has 1 aromatic heterocycles. The maximum atomic E-state index is 12.0. The molecule has 0 radical (unpaired) electrons. The van der Waals surface area contributed by atoms with Gasteiger partial charge in [-0.3, -0.25) is 14.8 Å². The number of amides is 2. The Morgan fingerprint density at radius 3 is 2.64 bits per heavy atom. The number of rotatable bonds is 4. The zero-order valence-corrected chi connectivity index (χ0v) is 15.2. The third-order valence-corrected chi connectivity index (χ3v) is 5.13. The fraction of sp³-hybridized carbons (Fsp3) is 0.250. The van der Waals surface area contributed by atoms with Gasteiger partial charge in [-0.25, -0.2) is 4.79 Å². The molecule has 0 bridgehead atoms. The molecule has 0 aliphatic carbocycles.